The molecule has 0 aliphatic rings. The molecule has 0 aromatic heterocycles. The summed E-state index contributed by atoms with van der Waals surface area (Å²) in [6, 6.07) is 11.3. The third kappa shape index (κ3) is 11.3. The highest BCUT2D eigenvalue weighted by Gasteiger charge is 2.37. The van der Waals surface area contributed by atoms with Crippen LogP contribution in [0.25, 0.3) is 0 Å². The van der Waals surface area contributed by atoms with Crippen molar-refractivity contribution in [2.75, 3.05) is 19.0 Å². The van der Waals surface area contributed by atoms with Crippen molar-refractivity contribution in [3.63, 3.8) is 0 Å². The van der Waals surface area contributed by atoms with Crippen LogP contribution in [-0.2, 0) is 14.3 Å². The van der Waals surface area contributed by atoms with Crippen molar-refractivity contribution in [1.29, 1.82) is 0 Å². The molecule has 3 amide bonds. The molecule has 2 aromatic rings. The molecule has 232 valence electrons. The predicted octanol–water partition coefficient (Wildman–Crippen LogP) is 6.82. The Morgan fingerprint density at radius 3 is 2.17 bits per heavy atom. The average Bonchev–Trinajstić information content (AvgIpc) is 2.91. The van der Waals surface area contributed by atoms with E-state index in [2.05, 4.69) is 17.6 Å². The maximum absolute atomic E-state index is 14.3. The van der Waals surface area contributed by atoms with Crippen LogP contribution >= 0.6 is 0 Å². The summed E-state index contributed by atoms with van der Waals surface area (Å²) in [6.07, 6.45) is 4.33. The Kier molecular flexibility index (Phi) is 13.6. The number of carbonyl (C=O) groups is 3. The number of para-hydroxylation sites is 1. The van der Waals surface area contributed by atoms with Crippen molar-refractivity contribution in [1.82, 2.24) is 10.2 Å². The van der Waals surface area contributed by atoms with Gasteiger partial charge >= 0.3 is 6.09 Å². The molecule has 0 bridgehead atoms. The number of anilines is 1. The first kappa shape index (κ1) is 34.5. The zero-order valence-corrected chi connectivity index (χ0v) is 26.2. The molecule has 0 heterocycles. The van der Waals surface area contributed by atoms with Crippen LogP contribution in [0.4, 0.5) is 10.5 Å². The SMILES string of the molecule is CCCCCCCN(C(=O)C(CC(C)C)NC(=O)OC(C)(C)C)C(C(=O)Nc1ccc(OC)cc1)c1ccccc1O. The molecule has 9 nitrogen and oxygen atoms in total. The summed E-state index contributed by atoms with van der Waals surface area (Å²) < 4.78 is 10.7. The molecule has 0 saturated heterocycles. The van der Waals surface area contributed by atoms with Crippen LogP contribution in [0.5, 0.6) is 11.5 Å². The molecule has 2 unspecified atom stereocenters. The highest BCUT2D eigenvalue weighted by molar-refractivity contribution is 5.99. The van der Waals surface area contributed by atoms with E-state index in [-0.39, 0.29) is 18.2 Å². The summed E-state index contributed by atoms with van der Waals surface area (Å²) in [7, 11) is 1.56. The summed E-state index contributed by atoms with van der Waals surface area (Å²) in [4.78, 5) is 42.6. The molecule has 2 aromatic carbocycles. The van der Waals surface area contributed by atoms with E-state index in [0.717, 1.165) is 25.7 Å². The highest BCUT2D eigenvalue weighted by Crippen LogP contribution is 2.32. The summed E-state index contributed by atoms with van der Waals surface area (Å²) in [5.74, 6) is -0.292. The average molecular weight is 584 g/mol. The third-order valence-electron chi connectivity index (χ3n) is 6.63. The normalized spacial score (nSPS) is 12.8. The topological polar surface area (TPSA) is 117 Å². The number of nitrogens with one attached hydrogen (secondary N) is 2. The number of rotatable bonds is 15. The lowest BCUT2D eigenvalue weighted by Gasteiger charge is -2.35. The van der Waals surface area contributed by atoms with Crippen LogP contribution in [0.2, 0.25) is 0 Å². The van der Waals surface area contributed by atoms with Gasteiger partial charge in [-0.2, -0.15) is 0 Å². The fourth-order valence-electron chi connectivity index (χ4n) is 4.65. The number of carbonyl (C=O) groups excluding carboxylic acids is 3. The molecule has 2 rings (SSSR count). The summed E-state index contributed by atoms with van der Waals surface area (Å²) >= 11 is 0. The van der Waals surface area contributed by atoms with Crippen molar-refractivity contribution in [2.24, 2.45) is 5.92 Å². The predicted molar refractivity (Wildman–Crippen MR) is 166 cm³/mol. The number of methoxy groups -OCH3 is 1. The smallest absolute Gasteiger partial charge is 0.408 e. The number of hydrogen-bond donors (Lipinski definition) is 3. The first-order valence-electron chi connectivity index (χ1n) is 14.9. The van der Waals surface area contributed by atoms with E-state index in [4.69, 9.17) is 9.47 Å². The molecule has 0 fully saturated rings. The van der Waals surface area contributed by atoms with E-state index in [1.165, 1.54) is 11.0 Å². The molecule has 0 spiro atoms. The zero-order valence-electron chi connectivity index (χ0n) is 26.2. The molecular formula is C33H49N3O6. The van der Waals surface area contributed by atoms with Gasteiger partial charge in [-0.1, -0.05) is 64.7 Å². The fourth-order valence-corrected chi connectivity index (χ4v) is 4.65. The van der Waals surface area contributed by atoms with Crippen LogP contribution in [0.1, 0.15) is 91.7 Å². The molecule has 0 aliphatic carbocycles. The largest absolute Gasteiger partial charge is 0.508 e. The molecule has 9 heteroatoms. The second-order valence-corrected chi connectivity index (χ2v) is 12.0. The second-order valence-electron chi connectivity index (χ2n) is 12.0. The Morgan fingerprint density at radius 2 is 1.60 bits per heavy atom. The number of nitrogens with zero attached hydrogens (tertiary/aromatic N) is 1. The monoisotopic (exact) mass is 583 g/mol. The van der Waals surface area contributed by atoms with Crippen molar-refractivity contribution < 1.29 is 29.0 Å². The van der Waals surface area contributed by atoms with E-state index in [9.17, 15) is 19.5 Å². The summed E-state index contributed by atoms with van der Waals surface area (Å²) in [5.41, 5.74) is 0.0682. The quantitative estimate of drug-likeness (QED) is 0.198. The lowest BCUT2D eigenvalue weighted by atomic mass is 9.98. The Balaban J connectivity index is 2.53. The standard InChI is InChI=1S/C33H49N3O6/c1-8-9-10-11-14-21-36(31(39)27(22-23(2)3)35-32(40)42-33(4,5)6)29(26-15-12-13-16-28(26)37)30(38)34-24-17-19-25(41-7)20-18-24/h12-13,15-20,23,27,29,37H,8-11,14,21-22H2,1-7H3,(H,34,38)(H,35,40). The van der Waals surface area contributed by atoms with Crippen LogP contribution in [-0.4, -0.2) is 53.2 Å². The van der Waals surface area contributed by atoms with Gasteiger partial charge in [-0.15, -0.1) is 0 Å². The van der Waals surface area contributed by atoms with Crippen molar-refractivity contribution in [3.05, 3.63) is 54.1 Å². The van der Waals surface area contributed by atoms with Gasteiger partial charge in [0.25, 0.3) is 5.91 Å². The van der Waals surface area contributed by atoms with Gasteiger partial charge in [0.05, 0.1) is 7.11 Å². The summed E-state index contributed by atoms with van der Waals surface area (Å²) in [6.45, 7) is 11.6. The minimum absolute atomic E-state index is 0.0667. The van der Waals surface area contributed by atoms with Crippen LogP contribution in [0.15, 0.2) is 48.5 Å². The number of ether oxygens (including phenoxy) is 2. The zero-order chi connectivity index (χ0) is 31.3. The van der Waals surface area contributed by atoms with Crippen LogP contribution in [0.3, 0.4) is 0 Å². The van der Waals surface area contributed by atoms with Gasteiger partial charge in [-0.25, -0.2) is 4.79 Å². The number of hydrogen-bond acceptors (Lipinski definition) is 6. The first-order chi connectivity index (χ1) is 19.9. The number of benzene rings is 2. The van der Waals surface area contributed by atoms with Crippen molar-refractivity contribution in [3.8, 4) is 11.5 Å². The number of aromatic hydroxyl groups is 1. The molecule has 0 aliphatic heterocycles. The number of amides is 3. The number of phenols is 1. The van der Waals surface area contributed by atoms with E-state index in [1.54, 1.807) is 70.3 Å². The van der Waals surface area contributed by atoms with Gasteiger partial charge in [0, 0.05) is 17.8 Å². The van der Waals surface area contributed by atoms with Crippen molar-refractivity contribution in [2.45, 2.75) is 97.8 Å². The van der Waals surface area contributed by atoms with Gasteiger partial charge in [-0.3, -0.25) is 9.59 Å². The van der Waals surface area contributed by atoms with Gasteiger partial charge in [0.15, 0.2) is 0 Å². The molecule has 3 N–H and O–H groups in total. The van der Waals surface area contributed by atoms with E-state index in [1.807, 2.05) is 13.8 Å². The number of unbranched alkanes of at least 4 members (excludes halogenated alkanes) is 4. The highest BCUT2D eigenvalue weighted by atomic mass is 16.6. The summed E-state index contributed by atoms with van der Waals surface area (Å²) in [5, 5.41) is 16.5. The molecule has 0 saturated carbocycles. The van der Waals surface area contributed by atoms with Gasteiger partial charge in [0.2, 0.25) is 5.91 Å². The van der Waals surface area contributed by atoms with E-state index in [0.29, 0.717) is 29.8 Å². The second kappa shape index (κ2) is 16.6. The first-order valence-corrected chi connectivity index (χ1v) is 14.9. The molecule has 2 atom stereocenters. The van der Waals surface area contributed by atoms with Gasteiger partial charge in [-0.05, 0) is 69.9 Å². The van der Waals surface area contributed by atoms with E-state index >= 15 is 0 Å². The third-order valence-corrected chi connectivity index (χ3v) is 6.63. The fraction of sp³-hybridized carbons (Fsp3) is 0.545. The van der Waals surface area contributed by atoms with E-state index < -0.39 is 35.6 Å². The Labute approximate surface area is 251 Å². The van der Waals surface area contributed by atoms with Crippen LogP contribution < -0.4 is 15.4 Å². The maximum atomic E-state index is 14.3. The van der Waals surface area contributed by atoms with Gasteiger partial charge < -0.3 is 30.1 Å². The van der Waals surface area contributed by atoms with Gasteiger partial charge in [0.1, 0.15) is 29.2 Å². The lowest BCUT2D eigenvalue weighted by molar-refractivity contribution is -0.141. The Bertz CT molecular complexity index is 1140. The number of phenolic OH excluding ortho intramolecular Hbond substituents is 1. The van der Waals surface area contributed by atoms with Crippen LogP contribution in [0, 0.1) is 5.92 Å². The minimum Gasteiger partial charge on any atom is -0.508 e. The molecular weight excluding hydrogens is 534 g/mol. The molecule has 0 radical (unpaired) electrons. The molecule has 42 heavy (non-hydrogen) atoms. The Hall–Kier alpha value is -3.75. The van der Waals surface area contributed by atoms with Crippen molar-refractivity contribution >= 4 is 23.6 Å². The maximum Gasteiger partial charge on any atom is 0.408 e. The number of alkyl carbamates (subject to hydrolysis) is 1. The minimum atomic E-state index is -1.15. The Morgan fingerprint density at radius 1 is 0.952 bits per heavy atom. The lowest BCUT2D eigenvalue weighted by Crippen LogP contribution is -2.53.